The third-order valence-electron chi connectivity index (χ3n) is 3.30. The van der Waals surface area contributed by atoms with Crippen molar-refractivity contribution in [3.8, 4) is 11.5 Å². The van der Waals surface area contributed by atoms with Gasteiger partial charge in [0, 0.05) is 11.1 Å². The Morgan fingerprint density at radius 3 is 2.38 bits per heavy atom. The summed E-state index contributed by atoms with van der Waals surface area (Å²) in [6.07, 6.45) is 0. The van der Waals surface area contributed by atoms with Gasteiger partial charge in [-0.25, -0.2) is 0 Å². The number of rotatable bonds is 5. The minimum absolute atomic E-state index is 0.0415. The molecule has 0 aliphatic heterocycles. The fourth-order valence-electron chi connectivity index (χ4n) is 2.03. The van der Waals surface area contributed by atoms with E-state index in [4.69, 9.17) is 16.3 Å². The van der Waals surface area contributed by atoms with Crippen LogP contribution in [0.25, 0.3) is 0 Å². The molecule has 0 saturated heterocycles. The van der Waals surface area contributed by atoms with Gasteiger partial charge >= 0.3 is 0 Å². The Kier molecular flexibility index (Phi) is 5.08. The highest BCUT2D eigenvalue weighted by Crippen LogP contribution is 2.32. The molecule has 0 heterocycles. The van der Waals surface area contributed by atoms with Crippen molar-refractivity contribution >= 4 is 23.0 Å². The van der Waals surface area contributed by atoms with E-state index in [1.165, 1.54) is 6.07 Å². The first-order valence-electron chi connectivity index (χ1n) is 7.38. The Morgan fingerprint density at radius 1 is 0.875 bits per heavy atom. The van der Waals surface area contributed by atoms with E-state index in [1.807, 2.05) is 30.3 Å². The Balaban J connectivity index is 1.72. The van der Waals surface area contributed by atoms with Gasteiger partial charge in [0.2, 0.25) is 0 Å². The molecule has 0 atom stereocenters. The summed E-state index contributed by atoms with van der Waals surface area (Å²) in [5, 5.41) is 18.7. The molecule has 3 aromatic carbocycles. The molecule has 4 nitrogen and oxygen atoms in total. The molecule has 0 unspecified atom stereocenters. The third kappa shape index (κ3) is 4.33. The average Bonchev–Trinajstić information content (AvgIpc) is 2.62. The van der Waals surface area contributed by atoms with Crippen LogP contribution in [0.2, 0.25) is 5.02 Å². The lowest BCUT2D eigenvalue weighted by Gasteiger charge is -2.07. The molecule has 3 rings (SSSR count). The zero-order valence-corrected chi connectivity index (χ0v) is 13.5. The van der Waals surface area contributed by atoms with Crippen LogP contribution in [0.5, 0.6) is 11.5 Å². The number of ether oxygens (including phenoxy) is 1. The van der Waals surface area contributed by atoms with Crippen molar-refractivity contribution in [2.75, 3.05) is 0 Å². The number of hydrogen-bond donors (Lipinski definition) is 1. The molecule has 0 bridgehead atoms. The van der Waals surface area contributed by atoms with Crippen LogP contribution in [0.1, 0.15) is 5.56 Å². The predicted octanol–water partition coefficient (Wildman–Crippen LogP) is 6.04. The number of nitrogens with zero attached hydrogens (tertiary/aromatic N) is 2. The van der Waals surface area contributed by atoms with E-state index in [2.05, 4.69) is 10.2 Å². The Morgan fingerprint density at radius 2 is 1.62 bits per heavy atom. The predicted molar refractivity (Wildman–Crippen MR) is 94.5 cm³/mol. The van der Waals surface area contributed by atoms with Gasteiger partial charge in [0.15, 0.2) is 0 Å². The number of hydrogen-bond acceptors (Lipinski definition) is 4. The van der Waals surface area contributed by atoms with E-state index in [-0.39, 0.29) is 5.75 Å². The van der Waals surface area contributed by atoms with E-state index < -0.39 is 0 Å². The van der Waals surface area contributed by atoms with E-state index >= 15 is 0 Å². The summed E-state index contributed by atoms with van der Waals surface area (Å²) < 4.78 is 5.73. The van der Waals surface area contributed by atoms with Crippen molar-refractivity contribution < 1.29 is 9.84 Å². The summed E-state index contributed by atoms with van der Waals surface area (Å²) in [4.78, 5) is 0. The SMILES string of the molecule is Oc1ccc(OCc2ccccc2)cc1N=Nc1ccc(Cl)cc1. The molecule has 0 aliphatic carbocycles. The first kappa shape index (κ1) is 16.0. The maximum absolute atomic E-state index is 9.91. The van der Waals surface area contributed by atoms with Crippen molar-refractivity contribution in [1.82, 2.24) is 0 Å². The Labute approximate surface area is 145 Å². The number of phenols is 1. The van der Waals surface area contributed by atoms with Crippen LogP contribution in [-0.2, 0) is 6.61 Å². The average molecular weight is 339 g/mol. The zero-order valence-electron chi connectivity index (χ0n) is 12.8. The first-order chi connectivity index (χ1) is 11.7. The molecular formula is C19H15ClN2O2. The van der Waals surface area contributed by atoms with Crippen LogP contribution >= 0.6 is 11.6 Å². The van der Waals surface area contributed by atoms with Gasteiger partial charge < -0.3 is 9.84 Å². The molecule has 0 fully saturated rings. The van der Waals surface area contributed by atoms with Gasteiger partial charge in [-0.2, -0.15) is 5.11 Å². The highest BCUT2D eigenvalue weighted by molar-refractivity contribution is 6.30. The van der Waals surface area contributed by atoms with Crippen LogP contribution in [0.3, 0.4) is 0 Å². The molecule has 5 heteroatoms. The second-order valence-corrected chi connectivity index (χ2v) is 5.54. The normalized spacial score (nSPS) is 10.9. The van der Waals surface area contributed by atoms with E-state index in [0.717, 1.165) is 5.56 Å². The van der Waals surface area contributed by atoms with E-state index in [1.54, 1.807) is 36.4 Å². The van der Waals surface area contributed by atoms with Crippen LogP contribution in [0, 0.1) is 0 Å². The minimum atomic E-state index is 0.0415. The molecule has 3 aromatic rings. The highest BCUT2D eigenvalue weighted by atomic mass is 35.5. The second-order valence-electron chi connectivity index (χ2n) is 5.10. The number of benzene rings is 3. The maximum atomic E-state index is 9.91. The minimum Gasteiger partial charge on any atom is -0.506 e. The number of phenolic OH excluding ortho intramolecular Hbond substituents is 1. The molecular weight excluding hydrogens is 324 g/mol. The quantitative estimate of drug-likeness (QED) is 0.576. The summed E-state index contributed by atoms with van der Waals surface area (Å²) >= 11 is 5.83. The smallest absolute Gasteiger partial charge is 0.143 e. The molecule has 0 radical (unpaired) electrons. The van der Waals surface area contributed by atoms with Crippen molar-refractivity contribution in [2.24, 2.45) is 10.2 Å². The van der Waals surface area contributed by atoms with Crippen LogP contribution in [0.4, 0.5) is 11.4 Å². The second kappa shape index (κ2) is 7.62. The van der Waals surface area contributed by atoms with Crippen molar-refractivity contribution in [1.29, 1.82) is 0 Å². The fraction of sp³-hybridized carbons (Fsp3) is 0.0526. The van der Waals surface area contributed by atoms with Gasteiger partial charge in [-0.1, -0.05) is 41.9 Å². The maximum Gasteiger partial charge on any atom is 0.143 e. The molecule has 120 valence electrons. The lowest BCUT2D eigenvalue weighted by molar-refractivity contribution is 0.306. The van der Waals surface area contributed by atoms with Crippen LogP contribution in [-0.4, -0.2) is 5.11 Å². The standard InChI is InChI=1S/C19H15ClN2O2/c20-15-6-8-16(9-7-15)21-22-18-12-17(10-11-19(18)23)24-13-14-4-2-1-3-5-14/h1-12,23H,13H2. The molecule has 24 heavy (non-hydrogen) atoms. The first-order valence-corrected chi connectivity index (χ1v) is 7.75. The van der Waals surface area contributed by atoms with Gasteiger partial charge in [-0.05, 0) is 42.0 Å². The van der Waals surface area contributed by atoms with E-state index in [9.17, 15) is 5.11 Å². The molecule has 0 aromatic heterocycles. The molecule has 0 amide bonds. The summed E-state index contributed by atoms with van der Waals surface area (Å²) in [5.41, 5.74) is 2.06. The van der Waals surface area contributed by atoms with Gasteiger partial charge in [0.25, 0.3) is 0 Å². The molecule has 1 N–H and O–H groups in total. The van der Waals surface area contributed by atoms with Crippen molar-refractivity contribution in [3.05, 3.63) is 83.4 Å². The van der Waals surface area contributed by atoms with Crippen molar-refractivity contribution in [2.45, 2.75) is 6.61 Å². The summed E-state index contributed by atoms with van der Waals surface area (Å²) in [7, 11) is 0. The van der Waals surface area contributed by atoms with Crippen LogP contribution < -0.4 is 4.74 Å². The van der Waals surface area contributed by atoms with Gasteiger partial charge in [0.1, 0.15) is 23.8 Å². The summed E-state index contributed by atoms with van der Waals surface area (Å²) in [6, 6.07) is 21.7. The lowest BCUT2D eigenvalue weighted by atomic mass is 10.2. The largest absolute Gasteiger partial charge is 0.506 e. The van der Waals surface area contributed by atoms with Gasteiger partial charge in [-0.15, -0.1) is 5.11 Å². The number of aromatic hydroxyl groups is 1. The Bertz CT molecular complexity index is 834. The topological polar surface area (TPSA) is 54.2 Å². The molecule has 0 saturated carbocycles. The highest BCUT2D eigenvalue weighted by Gasteiger charge is 2.04. The lowest BCUT2D eigenvalue weighted by Crippen LogP contribution is -1.94. The van der Waals surface area contributed by atoms with Crippen molar-refractivity contribution in [3.63, 3.8) is 0 Å². The zero-order chi connectivity index (χ0) is 16.8. The van der Waals surface area contributed by atoms with E-state index in [0.29, 0.717) is 28.8 Å². The molecule has 0 aliphatic rings. The van der Waals surface area contributed by atoms with Gasteiger partial charge in [0.05, 0.1) is 5.69 Å². The summed E-state index contributed by atoms with van der Waals surface area (Å²) in [5.74, 6) is 0.654. The monoisotopic (exact) mass is 338 g/mol. The fourth-order valence-corrected chi connectivity index (χ4v) is 2.16. The number of halogens is 1. The van der Waals surface area contributed by atoms with Crippen LogP contribution in [0.15, 0.2) is 83.0 Å². The van der Waals surface area contributed by atoms with Gasteiger partial charge in [-0.3, -0.25) is 0 Å². The third-order valence-corrected chi connectivity index (χ3v) is 3.55. The Hall–Kier alpha value is -2.85. The summed E-state index contributed by atoms with van der Waals surface area (Å²) in [6.45, 7) is 0.444. The molecule has 0 spiro atoms. The number of azo groups is 1.